The third-order valence-electron chi connectivity index (χ3n) is 7.34. The highest BCUT2D eigenvalue weighted by molar-refractivity contribution is 6.03. The number of carbonyl (C=O) groups is 2. The first kappa shape index (κ1) is 27.4. The Hall–Kier alpha value is -3.64. The van der Waals surface area contributed by atoms with Gasteiger partial charge < -0.3 is 20.4 Å². The highest BCUT2D eigenvalue weighted by Crippen LogP contribution is 2.30. The standard InChI is InChI=1S/C32H40N4O2/c1-3-35(4-2)23-20-33-31(37)28-24-27(18-19-29(28)36-21-12-7-13-22-36)34-32(38)30(25-14-8-5-9-15-25)26-16-10-6-11-17-26/h5-6,8-11,14-19,24,30H,3-4,7,12-13,20-23H2,1-2H3,(H,33,37)(H,34,38). The second kappa shape index (κ2) is 13.8. The Labute approximate surface area is 227 Å². The minimum absolute atomic E-state index is 0.100. The van der Waals surface area contributed by atoms with Gasteiger partial charge in [-0.3, -0.25) is 9.59 Å². The predicted octanol–water partition coefficient (Wildman–Crippen LogP) is 5.52. The zero-order valence-electron chi connectivity index (χ0n) is 22.7. The maximum Gasteiger partial charge on any atom is 0.253 e. The van der Waals surface area contributed by atoms with Crippen LogP contribution in [0.25, 0.3) is 0 Å². The largest absolute Gasteiger partial charge is 0.371 e. The molecule has 0 saturated carbocycles. The lowest BCUT2D eigenvalue weighted by Gasteiger charge is -2.30. The molecule has 4 rings (SSSR count). The maximum absolute atomic E-state index is 13.7. The predicted molar refractivity (Wildman–Crippen MR) is 156 cm³/mol. The number of hydrogen-bond donors (Lipinski definition) is 2. The molecule has 3 aromatic rings. The van der Waals surface area contributed by atoms with Crippen LogP contribution in [0.5, 0.6) is 0 Å². The number of anilines is 2. The quantitative estimate of drug-likeness (QED) is 0.355. The van der Waals surface area contributed by atoms with Gasteiger partial charge in [0.25, 0.3) is 5.91 Å². The van der Waals surface area contributed by atoms with Gasteiger partial charge in [-0.25, -0.2) is 0 Å². The molecular formula is C32H40N4O2. The van der Waals surface area contributed by atoms with Crippen LogP contribution in [-0.2, 0) is 4.79 Å². The average Bonchev–Trinajstić information content (AvgIpc) is 2.97. The zero-order valence-corrected chi connectivity index (χ0v) is 22.7. The van der Waals surface area contributed by atoms with E-state index in [4.69, 9.17) is 0 Å². The molecule has 1 fully saturated rings. The minimum Gasteiger partial charge on any atom is -0.371 e. The molecule has 200 valence electrons. The van der Waals surface area contributed by atoms with Gasteiger partial charge in [0.15, 0.2) is 0 Å². The summed E-state index contributed by atoms with van der Waals surface area (Å²) in [5.74, 6) is -0.678. The monoisotopic (exact) mass is 512 g/mol. The average molecular weight is 513 g/mol. The molecule has 2 amide bonds. The number of hydrogen-bond acceptors (Lipinski definition) is 4. The first-order valence-electron chi connectivity index (χ1n) is 13.9. The molecular weight excluding hydrogens is 472 g/mol. The molecule has 1 saturated heterocycles. The van der Waals surface area contributed by atoms with E-state index in [0.29, 0.717) is 17.8 Å². The smallest absolute Gasteiger partial charge is 0.253 e. The van der Waals surface area contributed by atoms with Crippen molar-refractivity contribution in [2.24, 2.45) is 0 Å². The number of amides is 2. The molecule has 0 aliphatic carbocycles. The molecule has 6 heteroatoms. The molecule has 2 N–H and O–H groups in total. The molecule has 1 aliphatic rings. The summed E-state index contributed by atoms with van der Waals surface area (Å²) >= 11 is 0. The Kier molecular flexibility index (Phi) is 9.93. The molecule has 1 aliphatic heterocycles. The van der Waals surface area contributed by atoms with E-state index in [2.05, 4.69) is 34.3 Å². The van der Waals surface area contributed by atoms with Crippen molar-refractivity contribution in [1.29, 1.82) is 0 Å². The number of rotatable bonds is 11. The Balaban J connectivity index is 1.59. The van der Waals surface area contributed by atoms with Crippen LogP contribution in [-0.4, -0.2) is 56.0 Å². The molecule has 0 aromatic heterocycles. The maximum atomic E-state index is 13.7. The van der Waals surface area contributed by atoms with Gasteiger partial charge in [0.1, 0.15) is 0 Å². The number of nitrogens with one attached hydrogen (secondary N) is 2. The second-order valence-corrected chi connectivity index (χ2v) is 9.81. The van der Waals surface area contributed by atoms with Crippen molar-refractivity contribution in [1.82, 2.24) is 10.2 Å². The topological polar surface area (TPSA) is 64.7 Å². The van der Waals surface area contributed by atoms with Crippen LogP contribution >= 0.6 is 0 Å². The van der Waals surface area contributed by atoms with E-state index in [1.807, 2.05) is 78.9 Å². The van der Waals surface area contributed by atoms with Crippen LogP contribution in [0.3, 0.4) is 0 Å². The summed E-state index contributed by atoms with van der Waals surface area (Å²) in [6.07, 6.45) is 3.46. The summed E-state index contributed by atoms with van der Waals surface area (Å²) in [5, 5.41) is 6.22. The fourth-order valence-electron chi connectivity index (χ4n) is 5.17. The van der Waals surface area contributed by atoms with E-state index in [-0.39, 0.29) is 11.8 Å². The first-order valence-corrected chi connectivity index (χ1v) is 13.9. The molecule has 3 aromatic carbocycles. The Morgan fingerprint density at radius 2 is 1.45 bits per heavy atom. The van der Waals surface area contributed by atoms with E-state index in [1.54, 1.807) is 0 Å². The summed E-state index contributed by atoms with van der Waals surface area (Å²) in [6, 6.07) is 25.4. The minimum atomic E-state index is -0.453. The Morgan fingerprint density at radius 1 is 0.842 bits per heavy atom. The molecule has 0 bridgehead atoms. The third-order valence-corrected chi connectivity index (χ3v) is 7.34. The van der Waals surface area contributed by atoms with Crippen molar-refractivity contribution in [2.45, 2.75) is 39.0 Å². The lowest BCUT2D eigenvalue weighted by atomic mass is 9.90. The van der Waals surface area contributed by atoms with Crippen LogP contribution in [0.4, 0.5) is 11.4 Å². The highest BCUT2D eigenvalue weighted by Gasteiger charge is 2.24. The molecule has 0 unspecified atom stereocenters. The fourth-order valence-corrected chi connectivity index (χ4v) is 5.17. The summed E-state index contributed by atoms with van der Waals surface area (Å²) in [6.45, 7) is 9.44. The Morgan fingerprint density at radius 3 is 2.03 bits per heavy atom. The van der Waals surface area contributed by atoms with Gasteiger partial charge in [0.05, 0.1) is 11.5 Å². The van der Waals surface area contributed by atoms with E-state index >= 15 is 0 Å². The van der Waals surface area contributed by atoms with Gasteiger partial charge in [-0.05, 0) is 61.7 Å². The van der Waals surface area contributed by atoms with Crippen molar-refractivity contribution < 1.29 is 9.59 Å². The second-order valence-electron chi connectivity index (χ2n) is 9.81. The van der Waals surface area contributed by atoms with Crippen LogP contribution in [0, 0.1) is 0 Å². The van der Waals surface area contributed by atoms with Crippen molar-refractivity contribution in [2.75, 3.05) is 49.5 Å². The lowest BCUT2D eigenvalue weighted by molar-refractivity contribution is -0.116. The van der Waals surface area contributed by atoms with Gasteiger partial charge in [0, 0.05) is 37.6 Å². The normalized spacial score (nSPS) is 13.5. The number of piperidine rings is 1. The third kappa shape index (κ3) is 7.01. The van der Waals surface area contributed by atoms with E-state index in [1.165, 1.54) is 6.42 Å². The van der Waals surface area contributed by atoms with Crippen LogP contribution < -0.4 is 15.5 Å². The molecule has 0 radical (unpaired) electrons. The van der Waals surface area contributed by atoms with Crippen LogP contribution in [0.15, 0.2) is 78.9 Å². The number of carbonyl (C=O) groups excluding carboxylic acids is 2. The highest BCUT2D eigenvalue weighted by atomic mass is 16.2. The summed E-state index contributed by atoms with van der Waals surface area (Å²) in [7, 11) is 0. The van der Waals surface area contributed by atoms with E-state index in [9.17, 15) is 9.59 Å². The van der Waals surface area contributed by atoms with Crippen molar-refractivity contribution in [3.8, 4) is 0 Å². The van der Waals surface area contributed by atoms with Gasteiger partial charge >= 0.3 is 0 Å². The molecule has 6 nitrogen and oxygen atoms in total. The van der Waals surface area contributed by atoms with E-state index < -0.39 is 5.92 Å². The SMILES string of the molecule is CCN(CC)CCNC(=O)c1cc(NC(=O)C(c2ccccc2)c2ccccc2)ccc1N1CCCCC1. The van der Waals surface area contributed by atoms with Crippen LogP contribution in [0.1, 0.15) is 60.5 Å². The Bertz CT molecular complexity index is 1130. The number of likely N-dealkylation sites (N-methyl/N-ethyl adjacent to an activating group) is 1. The van der Waals surface area contributed by atoms with Crippen molar-refractivity contribution >= 4 is 23.2 Å². The van der Waals surface area contributed by atoms with Gasteiger partial charge in [-0.15, -0.1) is 0 Å². The zero-order chi connectivity index (χ0) is 26.7. The first-order chi connectivity index (χ1) is 18.6. The van der Waals surface area contributed by atoms with Gasteiger partial charge in [-0.1, -0.05) is 74.5 Å². The van der Waals surface area contributed by atoms with E-state index in [0.717, 1.165) is 62.4 Å². The molecule has 1 heterocycles. The lowest BCUT2D eigenvalue weighted by Crippen LogP contribution is -2.36. The summed E-state index contributed by atoms with van der Waals surface area (Å²) in [4.78, 5) is 31.7. The molecule has 0 spiro atoms. The van der Waals surface area contributed by atoms with Crippen molar-refractivity contribution in [3.05, 3.63) is 95.6 Å². The van der Waals surface area contributed by atoms with Gasteiger partial charge in [-0.2, -0.15) is 0 Å². The summed E-state index contributed by atoms with van der Waals surface area (Å²) < 4.78 is 0. The van der Waals surface area contributed by atoms with Gasteiger partial charge in [0.2, 0.25) is 5.91 Å². The van der Waals surface area contributed by atoms with Crippen molar-refractivity contribution in [3.63, 3.8) is 0 Å². The summed E-state index contributed by atoms with van der Waals surface area (Å²) in [5.41, 5.74) is 4.03. The number of nitrogens with zero attached hydrogens (tertiary/aromatic N) is 2. The molecule has 38 heavy (non-hydrogen) atoms. The molecule has 0 atom stereocenters. The van der Waals surface area contributed by atoms with Crippen LogP contribution in [0.2, 0.25) is 0 Å². The number of benzene rings is 3. The fraction of sp³-hybridized carbons (Fsp3) is 0.375.